The Bertz CT molecular complexity index is 4640. The van der Waals surface area contributed by atoms with Crippen LogP contribution in [0.3, 0.4) is 0 Å². The molecular formula is C68H94Cl2FN21O17P4. The van der Waals surface area contributed by atoms with Crippen LogP contribution in [-0.2, 0) is 127 Å². The largest absolute Gasteiger partial charge is 0.495 e. The molecule has 0 bridgehead atoms. The summed E-state index contributed by atoms with van der Waals surface area (Å²) >= 11 is 12.0. The lowest BCUT2D eigenvalue weighted by molar-refractivity contribution is 0.107. The number of aromatic nitrogens is 9. The molecule has 12 N–H and O–H groups in total. The van der Waals surface area contributed by atoms with Gasteiger partial charge in [0.15, 0.2) is 48.7 Å². The van der Waals surface area contributed by atoms with Crippen molar-refractivity contribution in [3.63, 3.8) is 0 Å². The fourth-order valence-electron chi connectivity index (χ4n) is 10.7. The number of halogens is 3. The molecule has 0 spiro atoms. The molecule has 45 heteroatoms. The van der Waals surface area contributed by atoms with Gasteiger partial charge in [-0.1, -0.05) is 59.6 Å². The number of fused-ring (bicyclic) bond motifs is 4. The molecule has 12 rings (SSSR count). The van der Waals surface area contributed by atoms with E-state index in [1.54, 1.807) is 121 Å². The number of nitrogens with zero attached hydrogens (tertiary/aromatic N) is 13. The van der Waals surface area contributed by atoms with E-state index in [0.29, 0.717) is 120 Å². The smallest absolute Gasteiger partial charge is 0.225 e. The number of ether oxygens (including phenoxy) is 9. The second kappa shape index (κ2) is 42.2. The van der Waals surface area contributed by atoms with Crippen LogP contribution in [0.4, 0.5) is 27.7 Å². The Labute approximate surface area is 662 Å². The third kappa shape index (κ3) is 27.1. The van der Waals surface area contributed by atoms with Gasteiger partial charge in [0.05, 0.1) is 90.3 Å². The maximum Gasteiger partial charge on any atom is 0.225 e. The van der Waals surface area contributed by atoms with Crippen molar-refractivity contribution in [2.75, 3.05) is 135 Å². The second-order valence-corrected chi connectivity index (χ2v) is 36.5. The van der Waals surface area contributed by atoms with Crippen molar-refractivity contribution >= 4 is 99.8 Å². The molecule has 5 aromatic heterocycles. The predicted octanol–water partition coefficient (Wildman–Crippen LogP) is 10.3. The molecule has 3 aromatic carbocycles. The number of hydrogen-bond acceptors (Lipinski definition) is 34. The number of rotatable bonds is 37. The van der Waals surface area contributed by atoms with E-state index < -0.39 is 54.4 Å². The van der Waals surface area contributed by atoms with Crippen molar-refractivity contribution in [2.45, 2.75) is 77.5 Å². The van der Waals surface area contributed by atoms with Gasteiger partial charge in [-0.25, -0.2) is 44.3 Å². The molecule has 0 saturated heterocycles. The molecule has 8 atom stereocenters. The van der Waals surface area contributed by atoms with Crippen molar-refractivity contribution in [3.05, 3.63) is 177 Å². The first-order valence-electron chi connectivity index (χ1n) is 34.6. The lowest BCUT2D eigenvalue weighted by Gasteiger charge is -2.20. The number of guanidine groups is 4. The van der Waals surface area contributed by atoms with Gasteiger partial charge in [-0.15, -0.1) is 0 Å². The Balaban J connectivity index is 0.000000173. The van der Waals surface area contributed by atoms with Gasteiger partial charge in [-0.3, -0.25) is 23.2 Å². The highest BCUT2D eigenvalue weighted by molar-refractivity contribution is 7.58. The number of nitrogens with one attached hydrogen (secondary N) is 4. The predicted molar refractivity (Wildman–Crippen MR) is 426 cm³/mol. The minimum Gasteiger partial charge on any atom is -0.495 e. The van der Waals surface area contributed by atoms with Crippen LogP contribution in [-0.4, -0.2) is 181 Å². The molecule has 38 nitrogen and oxygen atoms in total. The highest BCUT2D eigenvalue weighted by Crippen LogP contribution is 2.47. The fourth-order valence-corrected chi connectivity index (χ4v) is 15.0. The molecule has 0 aliphatic carbocycles. The zero-order valence-corrected chi connectivity index (χ0v) is 68.7. The Hall–Kier alpha value is -8.52. The number of nitrogens with two attached hydrogens (primary N) is 4. The van der Waals surface area contributed by atoms with Crippen LogP contribution >= 0.6 is 52.7 Å². The average Bonchev–Trinajstić information content (AvgIpc) is 1.78. The number of anilines is 4. The van der Waals surface area contributed by atoms with Gasteiger partial charge < -0.3 is 123 Å². The van der Waals surface area contributed by atoms with E-state index in [4.69, 9.17) is 107 Å². The first-order valence-corrected chi connectivity index (χ1v) is 44.4. The Morgan fingerprint density at radius 1 is 0.434 bits per heavy atom. The number of pyridine rings is 1. The van der Waals surface area contributed by atoms with E-state index in [1.165, 1.54) is 33.0 Å². The molecule has 0 amide bonds. The monoisotopic (exact) mass is 1690 g/mol. The van der Waals surface area contributed by atoms with E-state index >= 15 is 0 Å². The summed E-state index contributed by atoms with van der Waals surface area (Å²) in [7, 11) is -3.97. The van der Waals surface area contributed by atoms with Gasteiger partial charge in [0.25, 0.3) is 0 Å². The minimum absolute atomic E-state index is 0.00844. The molecular weight excluding hydrogens is 1600 g/mol. The molecule has 0 saturated carbocycles. The van der Waals surface area contributed by atoms with E-state index in [2.05, 4.69) is 66.2 Å². The molecule has 113 heavy (non-hydrogen) atoms. The van der Waals surface area contributed by atoms with Gasteiger partial charge in [0.1, 0.15) is 83.0 Å². The molecule has 8 aromatic rings. The number of imidazole rings is 4. The number of hydrogen-bond donors (Lipinski definition) is 8. The highest BCUT2D eigenvalue weighted by atomic mass is 35.5. The third-order valence-electron chi connectivity index (χ3n) is 16.2. The van der Waals surface area contributed by atoms with Crippen molar-refractivity contribution < 1.29 is 83.4 Å². The summed E-state index contributed by atoms with van der Waals surface area (Å²) in [6.07, 6.45) is 7.79. The van der Waals surface area contributed by atoms with Crippen molar-refractivity contribution in [2.24, 2.45) is 42.9 Å². The highest BCUT2D eigenvalue weighted by Gasteiger charge is 2.30. The molecule has 4 aliphatic rings. The van der Waals surface area contributed by atoms with Crippen molar-refractivity contribution in [3.8, 4) is 5.75 Å². The van der Waals surface area contributed by atoms with Crippen LogP contribution in [0.2, 0.25) is 10.0 Å². The first kappa shape index (κ1) is 88.4. The summed E-state index contributed by atoms with van der Waals surface area (Å²) in [4.78, 5) is 37.7. The normalized spacial score (nSPS) is 18.0. The van der Waals surface area contributed by atoms with E-state index in [0.717, 1.165) is 16.7 Å². The Morgan fingerprint density at radius 2 is 0.761 bits per heavy atom. The topological polar surface area (TPSA) is 474 Å². The van der Waals surface area contributed by atoms with Crippen LogP contribution in [0.1, 0.15) is 69.9 Å². The summed E-state index contributed by atoms with van der Waals surface area (Å²) in [6.45, 7) is 10.0. The van der Waals surface area contributed by atoms with Crippen LogP contribution in [0.15, 0.2) is 137 Å². The van der Waals surface area contributed by atoms with Crippen LogP contribution < -0.4 is 48.9 Å². The van der Waals surface area contributed by atoms with Gasteiger partial charge in [0.2, 0.25) is 29.5 Å². The summed E-state index contributed by atoms with van der Waals surface area (Å²) in [5.41, 5.74) is 28.8. The molecule has 0 fully saturated rings. The lowest BCUT2D eigenvalue weighted by Crippen LogP contribution is -2.30. The molecule has 4 aliphatic heterocycles. The fraction of sp³-hybridized carbons (Fsp3) is 0.426. The minimum atomic E-state index is -2.97. The average molecular weight is 1690 g/mol. The van der Waals surface area contributed by atoms with Crippen LogP contribution in [0.25, 0.3) is 0 Å². The number of aliphatic imine (C=N–C) groups is 4. The quantitative estimate of drug-likeness (QED) is 0.0132. The van der Waals surface area contributed by atoms with Crippen LogP contribution in [0, 0.1) is 5.82 Å². The molecule has 0 radical (unpaired) electrons. The van der Waals surface area contributed by atoms with E-state index in [1.807, 2.05) is 42.5 Å². The van der Waals surface area contributed by atoms with Gasteiger partial charge in [-0.2, -0.15) is 0 Å². The van der Waals surface area contributed by atoms with Crippen molar-refractivity contribution in [1.82, 2.24) is 43.2 Å². The molecule has 614 valence electrons. The third-order valence-corrected chi connectivity index (χ3v) is 22.1. The molecule has 8 unspecified atom stereocenters. The number of methoxy groups -OCH3 is 5. The summed E-state index contributed by atoms with van der Waals surface area (Å²) in [5.74, 6) is 4.04. The SMILES string of the molecule is COC1N=C(N)Nc2c1ncn2CCOCP(C)(=O)OCc1cccc(Cl)c1.COC1N=C(N)Nc2c1ncn2CCOCP(C)(=O)OCc1cccc(F)c1.COC1N=C(N)Nc2c1ncn2CCOCP(C)(=O)OCc1cccnc1.COc1ccc(COP(C)(=O)COCCn2cnc3c2NC(N)=NC3OC)cc1Cl. The Kier molecular flexibility index (Phi) is 33.0. The summed E-state index contributed by atoms with van der Waals surface area (Å²) in [5, 5.41) is 13.0. The van der Waals surface area contributed by atoms with E-state index in [9.17, 15) is 22.7 Å². The zero-order chi connectivity index (χ0) is 81.3. The maximum atomic E-state index is 13.2. The molecule has 9 heterocycles. The number of benzene rings is 3. The maximum absolute atomic E-state index is 13.2. The summed E-state index contributed by atoms with van der Waals surface area (Å²) in [6, 6.07) is 22.2. The zero-order valence-electron chi connectivity index (χ0n) is 63.6. The van der Waals surface area contributed by atoms with Gasteiger partial charge >= 0.3 is 0 Å². The standard InChI is InChI=1S/C18H25ClN5O5P.C17H23ClN5O4P.C17H23FN5O4P.C16H23N6O4P/c1-26-14-5-4-12(8-13(14)19)9-29-30(3,25)11-28-7-6-24-10-21-15-16(24)22-18(20)23-17(15)27-2;2*1-25-16-14-15(21-17(19)22-16)23(10-20-14)6-7-26-11-28(2,24)27-9-12-4-3-5-13(18)8-12;1-24-15-13-14(20-16(17)21-15)22(10-19-13)6-7-25-11-27(2,23)26-9-12-4-3-5-18-8-12/h4-5,8,10,17H,6-7,9,11H2,1-3H3,(H3,20,22,23);2*3-5,8,10,16H,6-7,9,11H2,1-2H3,(H3,19,21,22);3-5,8,10,15H,6-7,9,11H2,1-2H3,(H3,17,20,21). The Morgan fingerprint density at radius 3 is 1.07 bits per heavy atom. The van der Waals surface area contributed by atoms with Gasteiger partial charge in [-0.05, 0) is 64.7 Å². The van der Waals surface area contributed by atoms with Crippen LogP contribution in [0.5, 0.6) is 5.75 Å². The first-order chi connectivity index (χ1) is 54.1. The van der Waals surface area contributed by atoms with Crippen molar-refractivity contribution in [1.29, 1.82) is 0 Å². The van der Waals surface area contributed by atoms with E-state index in [-0.39, 0.29) is 81.5 Å². The summed E-state index contributed by atoms with van der Waals surface area (Å²) < 4.78 is 141. The second-order valence-electron chi connectivity index (χ2n) is 25.5. The lowest BCUT2D eigenvalue weighted by atomic mass is 10.2. The van der Waals surface area contributed by atoms with Gasteiger partial charge in [0, 0.05) is 98.7 Å².